The largest absolute Gasteiger partial charge is 0.444 e. The van der Waals surface area contributed by atoms with Crippen LogP contribution in [0.3, 0.4) is 0 Å². The van der Waals surface area contributed by atoms with Crippen LogP contribution < -0.4 is 10.6 Å². The standard InChI is InChI=1S/C22H40N6O3/c1-9-23-19(24-12-10-11-17-13-26-27(8)15-17)25-14-18-16(2)30-22(6,7)28(18)20(29)31-21(3,4)5/h13,15-16,18H,9-12,14H2,1-8H3,(H2,23,24,25). The summed E-state index contributed by atoms with van der Waals surface area (Å²) in [7, 11) is 1.92. The Bertz CT molecular complexity index is 753. The van der Waals surface area contributed by atoms with E-state index >= 15 is 0 Å². The summed E-state index contributed by atoms with van der Waals surface area (Å²) in [6, 6.07) is -0.212. The number of aryl methyl sites for hydroxylation is 2. The second-order valence-corrected chi connectivity index (χ2v) is 9.46. The normalized spacial score (nSPS) is 21.3. The monoisotopic (exact) mass is 436 g/mol. The average molecular weight is 437 g/mol. The minimum atomic E-state index is -0.753. The Labute approximate surface area is 186 Å². The maximum absolute atomic E-state index is 12.9. The van der Waals surface area contributed by atoms with Crippen molar-refractivity contribution in [1.29, 1.82) is 0 Å². The molecule has 1 aromatic rings. The van der Waals surface area contributed by atoms with Crippen LogP contribution in [0.25, 0.3) is 0 Å². The number of aromatic nitrogens is 2. The maximum Gasteiger partial charge on any atom is 0.412 e. The topological polar surface area (TPSA) is 93.0 Å². The zero-order chi connectivity index (χ0) is 23.2. The van der Waals surface area contributed by atoms with Crippen LogP contribution in [0, 0.1) is 0 Å². The van der Waals surface area contributed by atoms with Crippen LogP contribution in [0.15, 0.2) is 17.4 Å². The molecule has 1 aliphatic heterocycles. The van der Waals surface area contributed by atoms with Gasteiger partial charge in [0.15, 0.2) is 5.96 Å². The van der Waals surface area contributed by atoms with E-state index < -0.39 is 11.3 Å². The number of nitrogens with zero attached hydrogens (tertiary/aromatic N) is 4. The highest BCUT2D eigenvalue weighted by molar-refractivity contribution is 5.79. The fourth-order valence-electron chi connectivity index (χ4n) is 3.72. The van der Waals surface area contributed by atoms with Crippen LogP contribution in [0.2, 0.25) is 0 Å². The molecule has 0 bridgehead atoms. The third-order valence-corrected chi connectivity index (χ3v) is 4.99. The van der Waals surface area contributed by atoms with Gasteiger partial charge in [0.1, 0.15) is 11.3 Å². The second kappa shape index (κ2) is 10.3. The quantitative estimate of drug-likeness (QED) is 0.388. The van der Waals surface area contributed by atoms with Gasteiger partial charge in [-0.25, -0.2) is 4.79 Å². The average Bonchev–Trinajstić information content (AvgIpc) is 3.14. The Morgan fingerprint density at radius 3 is 2.65 bits per heavy atom. The molecular formula is C22H40N6O3. The number of nitrogens with one attached hydrogen (secondary N) is 2. The molecule has 176 valence electrons. The lowest BCUT2D eigenvalue weighted by Crippen LogP contribution is -2.51. The number of hydrogen-bond acceptors (Lipinski definition) is 5. The first-order valence-corrected chi connectivity index (χ1v) is 11.1. The van der Waals surface area contributed by atoms with Crippen molar-refractivity contribution < 1.29 is 14.3 Å². The van der Waals surface area contributed by atoms with E-state index in [2.05, 4.69) is 15.7 Å². The highest BCUT2D eigenvalue weighted by atomic mass is 16.6. The fraction of sp³-hybridized carbons (Fsp3) is 0.773. The van der Waals surface area contributed by atoms with Crippen LogP contribution in [-0.4, -0.2) is 69.8 Å². The molecule has 0 radical (unpaired) electrons. The van der Waals surface area contributed by atoms with Crippen molar-refractivity contribution in [2.75, 3.05) is 19.6 Å². The van der Waals surface area contributed by atoms with Gasteiger partial charge in [-0.1, -0.05) is 0 Å². The molecule has 2 N–H and O–H groups in total. The van der Waals surface area contributed by atoms with Crippen LogP contribution >= 0.6 is 0 Å². The van der Waals surface area contributed by atoms with Gasteiger partial charge in [0, 0.05) is 26.3 Å². The number of amides is 1. The SMILES string of the molecule is CCNC(=NCC1C(C)OC(C)(C)N1C(=O)OC(C)(C)C)NCCCc1cnn(C)c1. The Morgan fingerprint density at radius 2 is 2.06 bits per heavy atom. The number of guanidine groups is 1. The number of rotatable bonds is 7. The number of aliphatic imine (C=N–C) groups is 1. The van der Waals surface area contributed by atoms with Gasteiger partial charge in [-0.3, -0.25) is 14.6 Å². The number of carbonyl (C=O) groups excluding carboxylic acids is 1. The lowest BCUT2D eigenvalue weighted by molar-refractivity contribution is -0.0755. The summed E-state index contributed by atoms with van der Waals surface area (Å²) >= 11 is 0. The van der Waals surface area contributed by atoms with Gasteiger partial charge in [-0.2, -0.15) is 5.10 Å². The van der Waals surface area contributed by atoms with Gasteiger partial charge in [-0.15, -0.1) is 0 Å². The summed E-state index contributed by atoms with van der Waals surface area (Å²) in [6.45, 7) is 15.3. The predicted octanol–water partition coefficient (Wildman–Crippen LogP) is 2.67. The summed E-state index contributed by atoms with van der Waals surface area (Å²) in [5.74, 6) is 0.731. The fourth-order valence-corrected chi connectivity index (χ4v) is 3.72. The summed E-state index contributed by atoms with van der Waals surface area (Å²) in [5, 5.41) is 10.9. The van der Waals surface area contributed by atoms with E-state index in [1.807, 2.05) is 72.6 Å². The Morgan fingerprint density at radius 1 is 1.35 bits per heavy atom. The van der Waals surface area contributed by atoms with Crippen LogP contribution in [-0.2, 0) is 22.9 Å². The van der Waals surface area contributed by atoms with Gasteiger partial charge < -0.3 is 20.1 Å². The van der Waals surface area contributed by atoms with Gasteiger partial charge in [0.25, 0.3) is 0 Å². The van der Waals surface area contributed by atoms with Crippen molar-refractivity contribution in [2.24, 2.45) is 12.0 Å². The molecule has 9 heteroatoms. The van der Waals surface area contributed by atoms with Crippen molar-refractivity contribution in [1.82, 2.24) is 25.3 Å². The van der Waals surface area contributed by atoms with Gasteiger partial charge in [0.2, 0.25) is 0 Å². The van der Waals surface area contributed by atoms with E-state index in [4.69, 9.17) is 14.5 Å². The molecule has 0 aromatic carbocycles. The Kier molecular flexibility index (Phi) is 8.34. The molecule has 31 heavy (non-hydrogen) atoms. The first kappa shape index (κ1) is 25.0. The minimum absolute atomic E-state index is 0.153. The van der Waals surface area contributed by atoms with E-state index in [1.165, 1.54) is 5.56 Å². The van der Waals surface area contributed by atoms with Gasteiger partial charge in [0.05, 0.1) is 24.9 Å². The first-order valence-electron chi connectivity index (χ1n) is 11.1. The molecule has 2 rings (SSSR count). The van der Waals surface area contributed by atoms with Crippen LogP contribution in [0.1, 0.15) is 60.5 Å². The van der Waals surface area contributed by atoms with Crippen molar-refractivity contribution in [2.45, 2.75) is 84.8 Å². The third kappa shape index (κ3) is 7.41. The van der Waals surface area contributed by atoms with E-state index in [0.29, 0.717) is 6.54 Å². The van der Waals surface area contributed by atoms with Crippen LogP contribution in [0.4, 0.5) is 4.79 Å². The highest BCUT2D eigenvalue weighted by Crippen LogP contribution is 2.33. The molecule has 1 aromatic heterocycles. The molecule has 1 fully saturated rings. The molecule has 1 amide bonds. The highest BCUT2D eigenvalue weighted by Gasteiger charge is 2.49. The second-order valence-electron chi connectivity index (χ2n) is 9.46. The van der Waals surface area contributed by atoms with E-state index in [-0.39, 0.29) is 18.2 Å². The lowest BCUT2D eigenvalue weighted by Gasteiger charge is -2.34. The number of ether oxygens (including phenoxy) is 2. The molecular weight excluding hydrogens is 396 g/mol. The summed E-state index contributed by atoms with van der Waals surface area (Å²) in [5.41, 5.74) is -0.104. The zero-order valence-electron chi connectivity index (χ0n) is 20.4. The van der Waals surface area contributed by atoms with Gasteiger partial charge in [-0.05, 0) is 66.9 Å². The van der Waals surface area contributed by atoms with Gasteiger partial charge >= 0.3 is 6.09 Å². The molecule has 0 saturated carbocycles. The summed E-state index contributed by atoms with van der Waals surface area (Å²) < 4.78 is 13.5. The molecule has 2 atom stereocenters. The zero-order valence-corrected chi connectivity index (χ0v) is 20.4. The third-order valence-electron chi connectivity index (χ3n) is 4.99. The molecule has 1 aliphatic rings. The molecule has 2 unspecified atom stereocenters. The van der Waals surface area contributed by atoms with E-state index in [1.54, 1.807) is 4.90 Å². The maximum atomic E-state index is 12.9. The minimum Gasteiger partial charge on any atom is -0.444 e. The Hall–Kier alpha value is -2.29. The van der Waals surface area contributed by atoms with Crippen molar-refractivity contribution in [3.05, 3.63) is 18.0 Å². The van der Waals surface area contributed by atoms with Crippen molar-refractivity contribution >= 4 is 12.1 Å². The first-order chi connectivity index (χ1) is 14.4. The van der Waals surface area contributed by atoms with E-state index in [9.17, 15) is 4.79 Å². The molecule has 1 saturated heterocycles. The lowest BCUT2D eigenvalue weighted by atomic mass is 10.1. The molecule has 0 aliphatic carbocycles. The number of hydrogen-bond donors (Lipinski definition) is 2. The smallest absolute Gasteiger partial charge is 0.412 e. The summed E-state index contributed by atoms with van der Waals surface area (Å²) in [6.07, 6.45) is 5.32. The Balaban J connectivity index is 1.99. The molecule has 0 spiro atoms. The van der Waals surface area contributed by atoms with Crippen LogP contribution in [0.5, 0.6) is 0 Å². The molecule has 2 heterocycles. The predicted molar refractivity (Wildman–Crippen MR) is 122 cm³/mol. The summed E-state index contributed by atoms with van der Waals surface area (Å²) in [4.78, 5) is 19.3. The van der Waals surface area contributed by atoms with Crippen molar-refractivity contribution in [3.63, 3.8) is 0 Å². The van der Waals surface area contributed by atoms with Crippen molar-refractivity contribution in [3.8, 4) is 0 Å². The molecule has 9 nitrogen and oxygen atoms in total. The number of carbonyl (C=O) groups is 1. The van der Waals surface area contributed by atoms with E-state index in [0.717, 1.165) is 31.9 Å².